The first-order valence-electron chi connectivity index (χ1n) is 12.4. The lowest BCUT2D eigenvalue weighted by Gasteiger charge is -2.27. The number of aromatic amines is 1. The number of likely N-dealkylation sites (tertiary alicyclic amines) is 1. The van der Waals surface area contributed by atoms with E-state index in [-0.39, 0.29) is 11.8 Å². The van der Waals surface area contributed by atoms with Crippen molar-refractivity contribution in [1.29, 1.82) is 0 Å². The lowest BCUT2D eigenvalue weighted by molar-refractivity contribution is 0.0720. The van der Waals surface area contributed by atoms with Crippen LogP contribution in [-0.4, -0.2) is 46.9 Å². The van der Waals surface area contributed by atoms with Gasteiger partial charge in [0.2, 0.25) is 0 Å². The van der Waals surface area contributed by atoms with Crippen molar-refractivity contribution >= 4 is 50.0 Å². The van der Waals surface area contributed by atoms with Gasteiger partial charge in [0.15, 0.2) is 0 Å². The van der Waals surface area contributed by atoms with Crippen molar-refractivity contribution in [2.45, 2.75) is 19.3 Å². The van der Waals surface area contributed by atoms with Crippen LogP contribution in [0.15, 0.2) is 67.0 Å². The highest BCUT2D eigenvalue weighted by atomic mass is 32.1. The van der Waals surface area contributed by atoms with Gasteiger partial charge >= 0.3 is 0 Å². The lowest BCUT2D eigenvalue weighted by Crippen LogP contribution is -2.35. The van der Waals surface area contributed by atoms with Gasteiger partial charge in [0.05, 0.1) is 17.6 Å². The van der Waals surface area contributed by atoms with Crippen LogP contribution in [0.3, 0.4) is 0 Å². The molecule has 1 fully saturated rings. The molecule has 0 aliphatic carbocycles. The number of hydrogen-bond acceptors (Lipinski definition) is 5. The van der Waals surface area contributed by atoms with Crippen molar-refractivity contribution in [2.75, 3.05) is 25.5 Å². The number of anilines is 1. The van der Waals surface area contributed by atoms with Crippen LogP contribution >= 0.6 is 11.3 Å². The molecule has 186 valence electrons. The van der Waals surface area contributed by atoms with Crippen molar-refractivity contribution in [3.63, 3.8) is 0 Å². The van der Waals surface area contributed by atoms with E-state index in [0.717, 1.165) is 64.6 Å². The SMILES string of the molecule is COc1ccc(NC(=O)c2cc3c(-c4cnc5[nH]ccc5c4)cccc3s2)cc1C(=O)N1CCCCC1. The Morgan fingerprint density at radius 2 is 1.92 bits per heavy atom. The number of hydrogen-bond donors (Lipinski definition) is 2. The van der Waals surface area contributed by atoms with Gasteiger partial charge in [-0.1, -0.05) is 12.1 Å². The topological polar surface area (TPSA) is 87.3 Å². The maximum atomic E-state index is 13.3. The molecule has 0 atom stereocenters. The minimum absolute atomic E-state index is 0.0628. The quantitative estimate of drug-likeness (QED) is 0.289. The van der Waals surface area contributed by atoms with Crippen LogP contribution in [0, 0.1) is 0 Å². The number of ether oxygens (including phenoxy) is 1. The van der Waals surface area contributed by atoms with E-state index in [0.29, 0.717) is 21.9 Å². The van der Waals surface area contributed by atoms with E-state index in [1.165, 1.54) is 11.3 Å². The Kier molecular flexibility index (Phi) is 6.10. The number of H-pyrrole nitrogens is 1. The van der Waals surface area contributed by atoms with Crippen molar-refractivity contribution in [3.05, 3.63) is 77.4 Å². The van der Waals surface area contributed by atoms with Crippen molar-refractivity contribution in [2.24, 2.45) is 0 Å². The molecule has 0 spiro atoms. The van der Waals surface area contributed by atoms with E-state index < -0.39 is 0 Å². The van der Waals surface area contributed by atoms with Crippen LogP contribution in [-0.2, 0) is 0 Å². The minimum Gasteiger partial charge on any atom is -0.496 e. The largest absolute Gasteiger partial charge is 0.496 e. The molecule has 1 aliphatic rings. The van der Waals surface area contributed by atoms with Crippen LogP contribution in [0.1, 0.15) is 39.3 Å². The van der Waals surface area contributed by atoms with Crippen LogP contribution in [0.2, 0.25) is 0 Å². The second-order valence-corrected chi connectivity index (χ2v) is 10.3. The maximum absolute atomic E-state index is 13.3. The summed E-state index contributed by atoms with van der Waals surface area (Å²) in [6.07, 6.45) is 6.88. The first-order chi connectivity index (χ1) is 18.1. The molecule has 0 saturated carbocycles. The third-order valence-corrected chi connectivity index (χ3v) is 7.93. The summed E-state index contributed by atoms with van der Waals surface area (Å²) in [6.45, 7) is 1.49. The summed E-state index contributed by atoms with van der Waals surface area (Å²) in [5.41, 5.74) is 3.90. The fourth-order valence-electron chi connectivity index (χ4n) is 4.92. The summed E-state index contributed by atoms with van der Waals surface area (Å²) in [5, 5.41) is 5.02. The number of thiophene rings is 1. The minimum atomic E-state index is -0.215. The van der Waals surface area contributed by atoms with Gasteiger partial charge < -0.3 is 19.9 Å². The fourth-order valence-corrected chi connectivity index (χ4v) is 5.91. The summed E-state index contributed by atoms with van der Waals surface area (Å²) in [4.78, 5) is 36.5. The molecule has 37 heavy (non-hydrogen) atoms. The molecule has 7 nitrogen and oxygen atoms in total. The third-order valence-electron chi connectivity index (χ3n) is 6.83. The molecule has 8 heteroatoms. The summed E-state index contributed by atoms with van der Waals surface area (Å²) in [6, 6.07) is 17.3. The van der Waals surface area contributed by atoms with Crippen molar-refractivity contribution in [1.82, 2.24) is 14.9 Å². The lowest BCUT2D eigenvalue weighted by atomic mass is 10.0. The number of benzene rings is 2. The maximum Gasteiger partial charge on any atom is 0.265 e. The van der Waals surface area contributed by atoms with Gasteiger partial charge in [-0.05, 0) is 67.3 Å². The zero-order valence-corrected chi connectivity index (χ0v) is 21.2. The highest BCUT2D eigenvalue weighted by Gasteiger charge is 2.22. The molecule has 1 aliphatic heterocycles. The number of carbonyl (C=O) groups excluding carboxylic acids is 2. The highest BCUT2D eigenvalue weighted by Crippen LogP contribution is 2.35. The van der Waals surface area contributed by atoms with Crippen LogP contribution < -0.4 is 10.1 Å². The van der Waals surface area contributed by atoms with Gasteiger partial charge in [-0.3, -0.25) is 9.59 Å². The Hall–Kier alpha value is -4.17. The Morgan fingerprint density at radius 3 is 2.76 bits per heavy atom. The summed E-state index contributed by atoms with van der Waals surface area (Å²) in [5.74, 6) is 0.230. The molecule has 6 rings (SSSR count). The van der Waals surface area contributed by atoms with Gasteiger partial charge in [-0.25, -0.2) is 4.98 Å². The number of amides is 2. The normalized spacial score (nSPS) is 13.7. The van der Waals surface area contributed by atoms with E-state index in [2.05, 4.69) is 21.4 Å². The molecule has 0 bridgehead atoms. The van der Waals surface area contributed by atoms with Crippen LogP contribution in [0.25, 0.3) is 32.2 Å². The first-order valence-corrected chi connectivity index (χ1v) is 13.2. The van der Waals surface area contributed by atoms with Crippen LogP contribution in [0.4, 0.5) is 5.69 Å². The summed E-state index contributed by atoms with van der Waals surface area (Å²) < 4.78 is 6.47. The number of methoxy groups -OCH3 is 1. The first kappa shape index (κ1) is 23.2. The molecule has 1 saturated heterocycles. The molecule has 3 aromatic heterocycles. The standard InChI is InChI=1S/C29H26N4O3S/c1-36-24-9-8-20(15-23(24)29(35)33-12-3-2-4-13-33)32-28(34)26-16-22-21(6-5-7-25(22)37-26)19-14-18-10-11-30-27(18)31-17-19/h5-11,14-17H,2-4,12-13H2,1H3,(H,30,31)(H,32,34). The second kappa shape index (κ2) is 9.71. The Morgan fingerprint density at radius 1 is 1.05 bits per heavy atom. The predicted molar refractivity (Wildman–Crippen MR) is 148 cm³/mol. The number of nitrogens with zero attached hydrogens (tertiary/aromatic N) is 2. The predicted octanol–water partition coefficient (Wildman–Crippen LogP) is 6.33. The average molecular weight is 511 g/mol. The number of aromatic nitrogens is 2. The van der Waals surface area contributed by atoms with E-state index in [4.69, 9.17) is 4.74 Å². The third kappa shape index (κ3) is 4.44. The van der Waals surface area contributed by atoms with E-state index in [1.54, 1.807) is 25.3 Å². The van der Waals surface area contributed by atoms with E-state index in [9.17, 15) is 9.59 Å². The van der Waals surface area contributed by atoms with E-state index >= 15 is 0 Å². The van der Waals surface area contributed by atoms with Crippen molar-refractivity contribution in [3.8, 4) is 16.9 Å². The molecule has 0 unspecified atom stereocenters. The number of rotatable bonds is 5. The Bertz CT molecular complexity index is 1630. The number of carbonyl (C=O) groups is 2. The zero-order chi connectivity index (χ0) is 25.4. The number of piperidine rings is 1. The Labute approximate surface area is 218 Å². The number of fused-ring (bicyclic) bond motifs is 2. The molecule has 2 aromatic carbocycles. The molecular formula is C29H26N4O3S. The van der Waals surface area contributed by atoms with Gasteiger partial charge in [0.1, 0.15) is 11.4 Å². The number of nitrogens with one attached hydrogen (secondary N) is 2. The monoisotopic (exact) mass is 510 g/mol. The van der Waals surface area contributed by atoms with Gasteiger partial charge in [0.25, 0.3) is 11.8 Å². The average Bonchev–Trinajstić information content (AvgIpc) is 3.60. The smallest absolute Gasteiger partial charge is 0.265 e. The molecule has 4 heterocycles. The molecule has 2 N–H and O–H groups in total. The summed E-state index contributed by atoms with van der Waals surface area (Å²) >= 11 is 1.44. The highest BCUT2D eigenvalue weighted by molar-refractivity contribution is 7.21. The molecule has 5 aromatic rings. The van der Waals surface area contributed by atoms with Gasteiger partial charge in [-0.15, -0.1) is 11.3 Å². The fraction of sp³-hybridized carbons (Fsp3) is 0.207. The molecule has 2 amide bonds. The van der Waals surface area contributed by atoms with Gasteiger partial charge in [-0.2, -0.15) is 0 Å². The Balaban J connectivity index is 1.28. The summed E-state index contributed by atoms with van der Waals surface area (Å²) in [7, 11) is 1.55. The van der Waals surface area contributed by atoms with Gasteiger partial charge in [0, 0.05) is 52.2 Å². The molecular weight excluding hydrogens is 484 g/mol. The van der Waals surface area contributed by atoms with Crippen molar-refractivity contribution < 1.29 is 14.3 Å². The van der Waals surface area contributed by atoms with E-state index in [1.807, 2.05) is 47.6 Å². The zero-order valence-electron chi connectivity index (χ0n) is 20.4. The second-order valence-electron chi connectivity index (χ2n) is 9.19. The number of pyridine rings is 1. The van der Waals surface area contributed by atoms with Crippen LogP contribution in [0.5, 0.6) is 5.75 Å². The molecule has 0 radical (unpaired) electrons.